The molecule has 0 saturated carbocycles. The molecule has 86 valence electrons. The van der Waals surface area contributed by atoms with Crippen molar-refractivity contribution >= 4 is 34.8 Å². The molecular weight excluding hydrogens is 245 g/mol. The molecule has 1 aromatic rings. The van der Waals surface area contributed by atoms with E-state index in [-0.39, 0.29) is 11.8 Å². The van der Waals surface area contributed by atoms with Gasteiger partial charge in [-0.25, -0.2) is 0 Å². The summed E-state index contributed by atoms with van der Waals surface area (Å²) >= 11 is 11.7. The van der Waals surface area contributed by atoms with E-state index in [1.165, 1.54) is 0 Å². The molecule has 4 heteroatoms. The maximum Gasteiger partial charge on any atom is 0.227 e. The van der Waals surface area contributed by atoms with Crippen molar-refractivity contribution in [2.45, 2.75) is 13.3 Å². The molecule has 1 aliphatic rings. The normalized spacial score (nSPS) is 20.6. The summed E-state index contributed by atoms with van der Waals surface area (Å²) < 4.78 is 0. The highest BCUT2D eigenvalue weighted by Gasteiger charge is 2.30. The molecule has 2 rings (SSSR count). The minimum atomic E-state index is 0.135. The predicted molar refractivity (Wildman–Crippen MR) is 67.4 cm³/mol. The minimum absolute atomic E-state index is 0.135. The number of hydrogen-bond acceptors (Lipinski definition) is 1. The van der Waals surface area contributed by atoms with E-state index in [2.05, 4.69) is 0 Å². The fourth-order valence-corrected chi connectivity index (χ4v) is 2.36. The summed E-state index contributed by atoms with van der Waals surface area (Å²) in [6.45, 7) is 2.68. The van der Waals surface area contributed by atoms with Gasteiger partial charge < -0.3 is 4.90 Å². The highest BCUT2D eigenvalue weighted by molar-refractivity contribution is 6.31. The molecule has 0 N–H and O–H groups in total. The molecule has 1 unspecified atom stereocenters. The van der Waals surface area contributed by atoms with Crippen molar-refractivity contribution in [2.75, 3.05) is 17.3 Å². The van der Waals surface area contributed by atoms with Gasteiger partial charge >= 0.3 is 0 Å². The van der Waals surface area contributed by atoms with Gasteiger partial charge in [-0.2, -0.15) is 0 Å². The Bertz CT molecular complexity index is 419. The summed E-state index contributed by atoms with van der Waals surface area (Å²) in [5.74, 6) is 0.922. The van der Waals surface area contributed by atoms with Crippen LogP contribution in [0.1, 0.15) is 12.0 Å². The summed E-state index contributed by atoms with van der Waals surface area (Å²) in [5, 5.41) is 0.655. The summed E-state index contributed by atoms with van der Waals surface area (Å²) in [6, 6.07) is 5.60. The van der Waals surface area contributed by atoms with E-state index in [9.17, 15) is 4.79 Å². The fourth-order valence-electron chi connectivity index (χ4n) is 1.99. The third-order valence-corrected chi connectivity index (χ3v) is 3.56. The second-order valence-corrected chi connectivity index (χ2v) is 4.90. The summed E-state index contributed by atoms with van der Waals surface area (Å²) in [6.07, 6.45) is 0.537. The molecule has 0 bridgehead atoms. The van der Waals surface area contributed by atoms with Crippen LogP contribution in [-0.4, -0.2) is 18.3 Å². The van der Waals surface area contributed by atoms with Crippen molar-refractivity contribution in [3.8, 4) is 0 Å². The van der Waals surface area contributed by atoms with Gasteiger partial charge in [0.25, 0.3) is 0 Å². The Balaban J connectivity index is 2.30. The van der Waals surface area contributed by atoms with Gasteiger partial charge in [0.05, 0.1) is 0 Å². The number of benzene rings is 1. The van der Waals surface area contributed by atoms with Gasteiger partial charge in [-0.3, -0.25) is 4.79 Å². The van der Waals surface area contributed by atoms with Crippen LogP contribution in [0.25, 0.3) is 0 Å². The molecule has 1 aromatic carbocycles. The lowest BCUT2D eigenvalue weighted by Gasteiger charge is -2.19. The number of aryl methyl sites for hydroxylation is 1. The molecule has 1 atom stereocenters. The Hall–Kier alpha value is -0.730. The molecule has 1 saturated heterocycles. The van der Waals surface area contributed by atoms with E-state index in [1.807, 2.05) is 25.1 Å². The van der Waals surface area contributed by atoms with Gasteiger partial charge in [-0.1, -0.05) is 17.7 Å². The first kappa shape index (κ1) is 11.7. The summed E-state index contributed by atoms with van der Waals surface area (Å²) in [5.41, 5.74) is 1.97. The number of amides is 1. The molecule has 0 radical (unpaired) electrons. The van der Waals surface area contributed by atoms with E-state index in [1.54, 1.807) is 4.90 Å². The first-order valence-corrected chi connectivity index (χ1v) is 6.15. The van der Waals surface area contributed by atoms with Gasteiger partial charge in [-0.05, 0) is 30.5 Å². The molecule has 0 aromatic heterocycles. The Morgan fingerprint density at radius 2 is 2.25 bits per heavy atom. The van der Waals surface area contributed by atoms with E-state index >= 15 is 0 Å². The number of hydrogen-bond donors (Lipinski definition) is 0. The van der Waals surface area contributed by atoms with Crippen LogP contribution in [-0.2, 0) is 4.79 Å². The Morgan fingerprint density at radius 1 is 1.50 bits per heavy atom. The van der Waals surface area contributed by atoms with Crippen LogP contribution >= 0.6 is 23.2 Å². The fraction of sp³-hybridized carbons (Fsp3) is 0.417. The maximum atomic E-state index is 11.8. The van der Waals surface area contributed by atoms with Gasteiger partial charge in [0.1, 0.15) is 0 Å². The van der Waals surface area contributed by atoms with E-state index in [0.29, 0.717) is 23.9 Å². The molecule has 1 heterocycles. The standard InChI is InChI=1S/C12H13Cl2NO/c1-8-2-3-10(14)5-11(8)15-7-9(6-13)4-12(15)16/h2-3,5,9H,4,6-7H2,1H3. The van der Waals surface area contributed by atoms with Crippen LogP contribution in [0.4, 0.5) is 5.69 Å². The van der Waals surface area contributed by atoms with E-state index in [0.717, 1.165) is 11.3 Å². The predicted octanol–water partition coefficient (Wildman–Crippen LogP) is 3.24. The Morgan fingerprint density at radius 3 is 2.88 bits per heavy atom. The smallest absolute Gasteiger partial charge is 0.227 e. The summed E-state index contributed by atoms with van der Waals surface area (Å²) in [4.78, 5) is 13.6. The number of alkyl halides is 1. The average molecular weight is 258 g/mol. The first-order chi connectivity index (χ1) is 7.61. The van der Waals surface area contributed by atoms with Crippen molar-refractivity contribution < 1.29 is 4.79 Å². The second kappa shape index (κ2) is 4.64. The van der Waals surface area contributed by atoms with Crippen molar-refractivity contribution in [1.29, 1.82) is 0 Å². The number of nitrogens with zero attached hydrogens (tertiary/aromatic N) is 1. The first-order valence-electron chi connectivity index (χ1n) is 5.24. The highest BCUT2D eigenvalue weighted by Crippen LogP contribution is 2.30. The van der Waals surface area contributed by atoms with Crippen molar-refractivity contribution in [1.82, 2.24) is 0 Å². The number of rotatable bonds is 2. The molecular formula is C12H13Cl2NO. The third kappa shape index (κ3) is 2.18. The molecule has 2 nitrogen and oxygen atoms in total. The van der Waals surface area contributed by atoms with Gasteiger partial charge in [-0.15, -0.1) is 11.6 Å². The largest absolute Gasteiger partial charge is 0.312 e. The van der Waals surface area contributed by atoms with E-state index in [4.69, 9.17) is 23.2 Å². The second-order valence-electron chi connectivity index (χ2n) is 4.16. The van der Waals surface area contributed by atoms with Crippen LogP contribution in [0, 0.1) is 12.8 Å². The van der Waals surface area contributed by atoms with Crippen LogP contribution in [0.3, 0.4) is 0 Å². The van der Waals surface area contributed by atoms with Crippen molar-refractivity contribution in [3.63, 3.8) is 0 Å². The molecule has 1 fully saturated rings. The van der Waals surface area contributed by atoms with Gasteiger partial charge in [0, 0.05) is 29.6 Å². The average Bonchev–Trinajstić information content (AvgIpc) is 2.63. The Kier molecular flexibility index (Phi) is 3.41. The van der Waals surface area contributed by atoms with Crippen LogP contribution < -0.4 is 4.90 Å². The molecule has 0 spiro atoms. The lowest BCUT2D eigenvalue weighted by atomic mass is 10.1. The molecule has 16 heavy (non-hydrogen) atoms. The van der Waals surface area contributed by atoms with Crippen molar-refractivity contribution in [2.24, 2.45) is 5.92 Å². The minimum Gasteiger partial charge on any atom is -0.312 e. The quantitative estimate of drug-likeness (QED) is 0.746. The number of carbonyl (C=O) groups is 1. The van der Waals surface area contributed by atoms with Crippen LogP contribution in [0.15, 0.2) is 18.2 Å². The lowest BCUT2D eigenvalue weighted by molar-refractivity contribution is -0.117. The van der Waals surface area contributed by atoms with Crippen LogP contribution in [0.2, 0.25) is 5.02 Å². The maximum absolute atomic E-state index is 11.8. The monoisotopic (exact) mass is 257 g/mol. The van der Waals surface area contributed by atoms with Gasteiger partial charge in [0.15, 0.2) is 0 Å². The van der Waals surface area contributed by atoms with Gasteiger partial charge in [0.2, 0.25) is 5.91 Å². The number of halogens is 2. The number of anilines is 1. The zero-order valence-electron chi connectivity index (χ0n) is 9.04. The van der Waals surface area contributed by atoms with Crippen molar-refractivity contribution in [3.05, 3.63) is 28.8 Å². The SMILES string of the molecule is Cc1ccc(Cl)cc1N1CC(CCl)CC1=O. The van der Waals surface area contributed by atoms with E-state index < -0.39 is 0 Å². The zero-order valence-corrected chi connectivity index (χ0v) is 10.6. The molecule has 0 aliphatic carbocycles. The summed E-state index contributed by atoms with van der Waals surface area (Å²) in [7, 11) is 0. The number of carbonyl (C=O) groups excluding carboxylic acids is 1. The molecule has 1 amide bonds. The zero-order chi connectivity index (χ0) is 11.7. The molecule has 1 aliphatic heterocycles. The van der Waals surface area contributed by atoms with Crippen LogP contribution in [0.5, 0.6) is 0 Å². The lowest BCUT2D eigenvalue weighted by Crippen LogP contribution is -2.25. The Labute approximate surface area is 105 Å². The highest BCUT2D eigenvalue weighted by atomic mass is 35.5. The third-order valence-electron chi connectivity index (χ3n) is 2.89. The topological polar surface area (TPSA) is 20.3 Å².